The van der Waals surface area contributed by atoms with Gasteiger partial charge in [-0.15, -0.1) is 0 Å². The van der Waals surface area contributed by atoms with Crippen molar-refractivity contribution in [1.29, 1.82) is 0 Å². The van der Waals surface area contributed by atoms with Crippen LogP contribution in [0.1, 0.15) is 23.1 Å². The molecule has 0 spiro atoms. The molecule has 1 aromatic heterocycles. The molecule has 0 N–H and O–H groups in total. The largest absolute Gasteiger partial charge is 0.261 e. The van der Waals surface area contributed by atoms with Gasteiger partial charge in [-0.25, -0.2) is 0 Å². The molecule has 4 rings (SSSR count). The van der Waals surface area contributed by atoms with Crippen LogP contribution in [-0.4, -0.2) is 11.2 Å². The summed E-state index contributed by atoms with van der Waals surface area (Å²) in [6.45, 7) is 4.23. The van der Waals surface area contributed by atoms with Crippen molar-refractivity contribution in [3.63, 3.8) is 0 Å². The number of hydrogen-bond acceptors (Lipinski definition) is 2. The van der Waals surface area contributed by atoms with Crippen molar-refractivity contribution in [3.8, 4) is 0 Å². The van der Waals surface area contributed by atoms with Crippen molar-refractivity contribution in [2.45, 2.75) is 26.7 Å². The Kier molecular flexibility index (Phi) is 4.29. The van der Waals surface area contributed by atoms with E-state index in [0.29, 0.717) is 0 Å². The minimum absolute atomic E-state index is 1.10. The van der Waals surface area contributed by atoms with Gasteiger partial charge in [0.1, 0.15) is 0 Å². The normalized spacial score (nSPS) is 12.5. The van der Waals surface area contributed by atoms with Crippen LogP contribution in [0.15, 0.2) is 59.7 Å². The van der Waals surface area contributed by atoms with Crippen LogP contribution in [0.4, 0.5) is 5.69 Å². The number of nitrogens with zero attached hydrogens (tertiary/aromatic N) is 2. The number of hydrogen-bond donors (Lipinski definition) is 0. The van der Waals surface area contributed by atoms with Crippen molar-refractivity contribution in [2.24, 2.45) is 4.99 Å². The standard InChI is InChI=1S/C10H11N.C10H9N/c1-8-4-2-6-10-9(8)5-3-7-11-10;1-8-4-2-5-9-6-3-7-11-10(8)9/h2,4,6-7H,3,5H2,1H3;2-7H,1H3. The van der Waals surface area contributed by atoms with Gasteiger partial charge >= 0.3 is 0 Å². The number of aliphatic imine (C=N–C) groups is 1. The number of para-hydroxylation sites is 1. The van der Waals surface area contributed by atoms with Crippen molar-refractivity contribution in [1.82, 2.24) is 4.98 Å². The van der Waals surface area contributed by atoms with E-state index in [0.717, 1.165) is 24.0 Å². The van der Waals surface area contributed by atoms with Crippen LogP contribution < -0.4 is 0 Å². The van der Waals surface area contributed by atoms with Crippen molar-refractivity contribution in [3.05, 3.63) is 71.4 Å². The average molecular weight is 288 g/mol. The predicted octanol–water partition coefficient (Wildman–Crippen LogP) is 5.19. The number of aromatic nitrogens is 1. The molecule has 0 fully saturated rings. The van der Waals surface area contributed by atoms with Crippen molar-refractivity contribution in [2.75, 3.05) is 0 Å². The first-order valence-corrected chi connectivity index (χ1v) is 7.67. The lowest BCUT2D eigenvalue weighted by atomic mass is 10.0. The minimum Gasteiger partial charge on any atom is -0.261 e. The summed E-state index contributed by atoms with van der Waals surface area (Å²) in [6.07, 6.45) is 6.08. The topological polar surface area (TPSA) is 25.2 Å². The number of aryl methyl sites for hydroxylation is 2. The van der Waals surface area contributed by atoms with E-state index in [2.05, 4.69) is 66.3 Å². The fourth-order valence-electron chi connectivity index (χ4n) is 2.76. The molecule has 0 radical (unpaired) electrons. The van der Waals surface area contributed by atoms with Crippen LogP contribution in [0.5, 0.6) is 0 Å². The lowest BCUT2D eigenvalue weighted by Crippen LogP contribution is -1.95. The molecule has 22 heavy (non-hydrogen) atoms. The molecule has 0 saturated heterocycles. The molecule has 1 aliphatic heterocycles. The summed E-state index contributed by atoms with van der Waals surface area (Å²) in [5.41, 5.74) is 6.31. The number of benzene rings is 2. The summed E-state index contributed by atoms with van der Waals surface area (Å²) >= 11 is 0. The third kappa shape index (κ3) is 3.06. The second-order valence-corrected chi connectivity index (χ2v) is 5.57. The molecule has 110 valence electrons. The van der Waals surface area contributed by atoms with Gasteiger partial charge in [0.15, 0.2) is 0 Å². The van der Waals surface area contributed by atoms with Gasteiger partial charge in [0.25, 0.3) is 0 Å². The van der Waals surface area contributed by atoms with Gasteiger partial charge in [-0.05, 0) is 55.5 Å². The fraction of sp³-hybridized carbons (Fsp3) is 0.200. The molecular weight excluding hydrogens is 268 g/mol. The van der Waals surface area contributed by atoms with Gasteiger partial charge in [-0.1, -0.05) is 36.4 Å². The Labute approximate surface area is 131 Å². The third-order valence-corrected chi connectivity index (χ3v) is 3.97. The quantitative estimate of drug-likeness (QED) is 0.559. The number of rotatable bonds is 0. The zero-order valence-corrected chi connectivity index (χ0v) is 13.1. The predicted molar refractivity (Wildman–Crippen MR) is 94.1 cm³/mol. The molecular formula is C20H20N2. The molecule has 3 aromatic rings. The molecule has 2 heterocycles. The number of fused-ring (bicyclic) bond motifs is 2. The van der Waals surface area contributed by atoms with E-state index in [1.165, 1.54) is 22.1 Å². The third-order valence-electron chi connectivity index (χ3n) is 3.97. The Morgan fingerprint density at radius 3 is 2.45 bits per heavy atom. The highest BCUT2D eigenvalue weighted by Gasteiger charge is 2.06. The zero-order valence-electron chi connectivity index (χ0n) is 13.1. The Morgan fingerprint density at radius 1 is 0.864 bits per heavy atom. The van der Waals surface area contributed by atoms with E-state index in [-0.39, 0.29) is 0 Å². The smallest absolute Gasteiger partial charge is 0.0731 e. The van der Waals surface area contributed by atoms with E-state index < -0.39 is 0 Å². The Balaban J connectivity index is 0.000000131. The van der Waals surface area contributed by atoms with Crippen LogP contribution in [0.2, 0.25) is 0 Å². The van der Waals surface area contributed by atoms with Gasteiger partial charge in [-0.3, -0.25) is 9.98 Å². The van der Waals surface area contributed by atoms with E-state index in [9.17, 15) is 0 Å². The Morgan fingerprint density at radius 2 is 1.64 bits per heavy atom. The van der Waals surface area contributed by atoms with E-state index >= 15 is 0 Å². The molecule has 2 heteroatoms. The summed E-state index contributed by atoms with van der Waals surface area (Å²) < 4.78 is 0. The molecule has 0 bridgehead atoms. The lowest BCUT2D eigenvalue weighted by Gasteiger charge is -2.11. The first-order valence-electron chi connectivity index (χ1n) is 7.67. The van der Waals surface area contributed by atoms with Crippen LogP contribution >= 0.6 is 0 Å². The minimum atomic E-state index is 1.10. The zero-order chi connectivity index (χ0) is 15.4. The first kappa shape index (κ1) is 14.5. The molecule has 2 aromatic carbocycles. The second kappa shape index (κ2) is 6.52. The van der Waals surface area contributed by atoms with Gasteiger partial charge < -0.3 is 0 Å². The van der Waals surface area contributed by atoms with Crippen molar-refractivity contribution < 1.29 is 0 Å². The van der Waals surface area contributed by atoms with E-state index in [4.69, 9.17) is 0 Å². The fourth-order valence-corrected chi connectivity index (χ4v) is 2.76. The summed E-state index contributed by atoms with van der Waals surface area (Å²) in [6, 6.07) is 16.6. The lowest BCUT2D eigenvalue weighted by molar-refractivity contribution is 1.01. The maximum absolute atomic E-state index is 4.33. The maximum Gasteiger partial charge on any atom is 0.0731 e. The van der Waals surface area contributed by atoms with Crippen LogP contribution in [0.25, 0.3) is 10.9 Å². The van der Waals surface area contributed by atoms with Crippen LogP contribution in [-0.2, 0) is 6.42 Å². The van der Waals surface area contributed by atoms with Crippen molar-refractivity contribution >= 4 is 22.8 Å². The highest BCUT2D eigenvalue weighted by Crippen LogP contribution is 2.26. The monoisotopic (exact) mass is 288 g/mol. The van der Waals surface area contributed by atoms with Gasteiger partial charge in [0, 0.05) is 17.8 Å². The summed E-state index contributed by atoms with van der Waals surface area (Å²) in [5, 5.41) is 1.22. The highest BCUT2D eigenvalue weighted by molar-refractivity contribution is 5.81. The Hall–Kier alpha value is -2.48. The maximum atomic E-state index is 4.33. The molecule has 0 saturated carbocycles. The van der Waals surface area contributed by atoms with Gasteiger partial charge in [0.05, 0.1) is 11.2 Å². The summed E-state index contributed by atoms with van der Waals surface area (Å²) in [5.74, 6) is 0. The van der Waals surface area contributed by atoms with Crippen LogP contribution in [0.3, 0.4) is 0 Å². The summed E-state index contributed by atoms with van der Waals surface area (Å²) in [4.78, 5) is 8.61. The molecule has 0 amide bonds. The molecule has 1 aliphatic rings. The Bertz CT molecular complexity index is 814. The van der Waals surface area contributed by atoms with E-state index in [1.807, 2.05) is 18.5 Å². The average Bonchev–Trinajstić information content (AvgIpc) is 2.57. The van der Waals surface area contributed by atoms with E-state index in [1.54, 1.807) is 0 Å². The van der Waals surface area contributed by atoms with Crippen LogP contribution in [0, 0.1) is 13.8 Å². The van der Waals surface area contributed by atoms with Gasteiger partial charge in [0.2, 0.25) is 0 Å². The first-order chi connectivity index (χ1) is 10.8. The molecule has 0 unspecified atom stereocenters. The second-order valence-electron chi connectivity index (χ2n) is 5.57. The highest BCUT2D eigenvalue weighted by atomic mass is 14.7. The molecule has 0 aliphatic carbocycles. The SMILES string of the molecule is Cc1cccc2c1CCC=N2.Cc1cccc2cccnc12. The van der Waals surface area contributed by atoms with Gasteiger partial charge in [-0.2, -0.15) is 0 Å². The molecule has 2 nitrogen and oxygen atoms in total. The summed E-state index contributed by atoms with van der Waals surface area (Å²) in [7, 11) is 0. The number of pyridine rings is 1. The molecule has 0 atom stereocenters.